The molecular weight excluding hydrogens is 177 g/mol. The first-order valence-electron chi connectivity index (χ1n) is 4.65. The zero-order valence-corrected chi connectivity index (χ0v) is 8.81. The molecule has 0 saturated heterocycles. The van der Waals surface area contributed by atoms with E-state index in [1.54, 1.807) is 6.07 Å². The van der Waals surface area contributed by atoms with Crippen LogP contribution in [0.15, 0.2) is 24.3 Å². The molecule has 1 aromatic rings. The van der Waals surface area contributed by atoms with Crippen molar-refractivity contribution in [1.82, 2.24) is 4.90 Å². The lowest BCUT2D eigenvalue weighted by Crippen LogP contribution is -2.30. The molecule has 0 aliphatic heterocycles. The maximum atomic E-state index is 9.01. The topological polar surface area (TPSA) is 43.7 Å². The van der Waals surface area contributed by atoms with Crippen LogP contribution in [0.5, 0.6) is 0 Å². The van der Waals surface area contributed by atoms with Crippen LogP contribution in [0.4, 0.5) is 0 Å². The Morgan fingerprint density at radius 2 is 1.93 bits per heavy atom. The van der Waals surface area contributed by atoms with Crippen LogP contribution >= 0.6 is 0 Å². The summed E-state index contributed by atoms with van der Waals surface area (Å²) in [7, 11) is 2.60. The van der Waals surface area contributed by atoms with E-state index in [1.807, 2.05) is 32.3 Å². The summed E-state index contributed by atoms with van der Waals surface area (Å²) in [5.41, 5.74) is 1.62. The highest BCUT2D eigenvalue weighted by atomic mass is 16.4. The van der Waals surface area contributed by atoms with E-state index in [4.69, 9.17) is 10.0 Å². The van der Waals surface area contributed by atoms with Gasteiger partial charge in [0.1, 0.15) is 0 Å². The second-order valence-corrected chi connectivity index (χ2v) is 3.68. The third-order valence-electron chi connectivity index (χ3n) is 2.47. The monoisotopic (exact) mass is 193 g/mol. The third kappa shape index (κ3) is 2.58. The Hall–Kier alpha value is -0.835. The molecule has 3 nitrogen and oxygen atoms in total. The molecule has 0 bridgehead atoms. The number of nitrogens with zero attached hydrogens (tertiary/aromatic N) is 1. The van der Waals surface area contributed by atoms with Gasteiger partial charge in [0, 0.05) is 6.04 Å². The highest BCUT2D eigenvalue weighted by Gasteiger charge is 2.13. The van der Waals surface area contributed by atoms with Crippen molar-refractivity contribution >= 4 is 12.6 Å². The predicted molar refractivity (Wildman–Crippen MR) is 58.4 cm³/mol. The van der Waals surface area contributed by atoms with Crippen molar-refractivity contribution < 1.29 is 10.0 Å². The summed E-state index contributed by atoms with van der Waals surface area (Å²) in [5, 5.41) is 18.0. The molecule has 76 valence electrons. The minimum absolute atomic E-state index is 0.272. The molecule has 0 radical (unpaired) electrons. The Morgan fingerprint density at radius 3 is 2.43 bits per heavy atom. The van der Waals surface area contributed by atoms with Crippen LogP contribution in [0.2, 0.25) is 0 Å². The highest BCUT2D eigenvalue weighted by Crippen LogP contribution is 2.15. The van der Waals surface area contributed by atoms with Gasteiger partial charge in [-0.2, -0.15) is 0 Å². The molecule has 0 aliphatic carbocycles. The molecule has 14 heavy (non-hydrogen) atoms. The van der Waals surface area contributed by atoms with Crippen molar-refractivity contribution in [3.63, 3.8) is 0 Å². The smallest absolute Gasteiger partial charge is 0.423 e. The van der Waals surface area contributed by atoms with Crippen LogP contribution < -0.4 is 5.46 Å². The molecule has 0 aliphatic rings. The van der Waals surface area contributed by atoms with Gasteiger partial charge < -0.3 is 14.9 Å². The zero-order valence-electron chi connectivity index (χ0n) is 8.81. The molecule has 2 N–H and O–H groups in total. The van der Waals surface area contributed by atoms with Gasteiger partial charge in [0.15, 0.2) is 0 Å². The lowest BCUT2D eigenvalue weighted by molar-refractivity contribution is 0.321. The van der Waals surface area contributed by atoms with Crippen molar-refractivity contribution in [2.45, 2.75) is 13.0 Å². The van der Waals surface area contributed by atoms with Crippen LogP contribution in [0, 0.1) is 0 Å². The van der Waals surface area contributed by atoms with Crippen LogP contribution in [0.25, 0.3) is 0 Å². The summed E-state index contributed by atoms with van der Waals surface area (Å²) in [5.74, 6) is 0. The molecule has 0 saturated carbocycles. The molecule has 0 amide bonds. The largest absolute Gasteiger partial charge is 0.488 e. The Labute approximate surface area is 85.1 Å². The molecule has 1 aromatic carbocycles. The molecule has 0 fully saturated rings. The van der Waals surface area contributed by atoms with E-state index in [2.05, 4.69) is 11.8 Å². The van der Waals surface area contributed by atoms with E-state index in [1.165, 1.54) is 0 Å². The summed E-state index contributed by atoms with van der Waals surface area (Å²) >= 11 is 0. The molecule has 0 spiro atoms. The average Bonchev–Trinajstić information content (AvgIpc) is 2.16. The van der Waals surface area contributed by atoms with Gasteiger partial charge in [-0.3, -0.25) is 0 Å². The number of hydrogen-bond donors (Lipinski definition) is 2. The third-order valence-corrected chi connectivity index (χ3v) is 2.47. The van der Waals surface area contributed by atoms with Crippen molar-refractivity contribution in [3.8, 4) is 0 Å². The number of rotatable bonds is 3. The van der Waals surface area contributed by atoms with E-state index in [9.17, 15) is 0 Å². The lowest BCUT2D eigenvalue weighted by Gasteiger charge is -2.20. The normalized spacial score (nSPS) is 13.0. The van der Waals surface area contributed by atoms with Crippen LogP contribution in [0.3, 0.4) is 0 Å². The standard InChI is InChI=1S/C10H16BNO2/c1-8(12(2)3)9-5-4-6-10(7-9)11(13)14/h4-8,13-14H,1-3H3/t8-/m0/s1. The first kappa shape index (κ1) is 11.2. The fraction of sp³-hybridized carbons (Fsp3) is 0.400. The fourth-order valence-corrected chi connectivity index (χ4v) is 1.28. The van der Waals surface area contributed by atoms with Crippen molar-refractivity contribution in [2.24, 2.45) is 0 Å². The summed E-state index contributed by atoms with van der Waals surface area (Å²) in [6.45, 7) is 2.07. The first-order valence-corrected chi connectivity index (χ1v) is 4.65. The van der Waals surface area contributed by atoms with Crippen molar-refractivity contribution in [2.75, 3.05) is 14.1 Å². The van der Waals surface area contributed by atoms with Crippen LogP contribution in [0.1, 0.15) is 18.5 Å². The minimum Gasteiger partial charge on any atom is -0.423 e. The van der Waals surface area contributed by atoms with Gasteiger partial charge in [-0.05, 0) is 32.0 Å². The van der Waals surface area contributed by atoms with E-state index in [0.29, 0.717) is 5.46 Å². The highest BCUT2D eigenvalue weighted by molar-refractivity contribution is 6.58. The molecule has 1 atom stereocenters. The lowest BCUT2D eigenvalue weighted by atomic mass is 9.79. The molecule has 4 heteroatoms. The minimum atomic E-state index is -1.38. The van der Waals surface area contributed by atoms with Gasteiger partial charge in [0.2, 0.25) is 0 Å². The van der Waals surface area contributed by atoms with Gasteiger partial charge in [-0.15, -0.1) is 0 Å². The van der Waals surface area contributed by atoms with Crippen molar-refractivity contribution in [1.29, 1.82) is 0 Å². The maximum Gasteiger partial charge on any atom is 0.488 e. The van der Waals surface area contributed by atoms with Crippen molar-refractivity contribution in [3.05, 3.63) is 29.8 Å². The summed E-state index contributed by atoms with van der Waals surface area (Å²) < 4.78 is 0. The molecule has 0 unspecified atom stereocenters. The second-order valence-electron chi connectivity index (χ2n) is 3.68. The van der Waals surface area contributed by atoms with Gasteiger partial charge in [0.05, 0.1) is 0 Å². The van der Waals surface area contributed by atoms with E-state index in [0.717, 1.165) is 5.56 Å². The van der Waals surface area contributed by atoms with E-state index in [-0.39, 0.29) is 6.04 Å². The second kappa shape index (κ2) is 4.60. The maximum absolute atomic E-state index is 9.01. The Kier molecular flexibility index (Phi) is 3.69. The Morgan fingerprint density at radius 1 is 1.29 bits per heavy atom. The zero-order chi connectivity index (χ0) is 10.7. The molecule has 0 heterocycles. The summed E-state index contributed by atoms with van der Waals surface area (Å²) in [4.78, 5) is 2.07. The predicted octanol–water partition coefficient (Wildman–Crippen LogP) is -0.0110. The molecule has 0 aromatic heterocycles. The Bertz CT molecular complexity index is 302. The SMILES string of the molecule is C[C@@H](c1cccc(B(O)O)c1)N(C)C. The molecular formula is C10H16BNO2. The van der Waals surface area contributed by atoms with Gasteiger partial charge >= 0.3 is 7.12 Å². The van der Waals surface area contributed by atoms with Gasteiger partial charge in [-0.25, -0.2) is 0 Å². The van der Waals surface area contributed by atoms with Crippen LogP contribution in [-0.2, 0) is 0 Å². The average molecular weight is 193 g/mol. The van der Waals surface area contributed by atoms with E-state index < -0.39 is 7.12 Å². The fourth-order valence-electron chi connectivity index (χ4n) is 1.28. The van der Waals surface area contributed by atoms with Gasteiger partial charge in [-0.1, -0.05) is 24.3 Å². The van der Waals surface area contributed by atoms with Crippen LogP contribution in [-0.4, -0.2) is 36.2 Å². The van der Waals surface area contributed by atoms with E-state index >= 15 is 0 Å². The molecule has 1 rings (SSSR count). The summed E-state index contributed by atoms with van der Waals surface area (Å²) in [6, 6.07) is 7.61. The quantitative estimate of drug-likeness (QED) is 0.663. The van der Waals surface area contributed by atoms with Gasteiger partial charge in [0.25, 0.3) is 0 Å². The summed E-state index contributed by atoms with van der Waals surface area (Å²) in [6.07, 6.45) is 0. The first-order chi connectivity index (χ1) is 6.52. The Balaban J connectivity index is 2.93. The number of hydrogen-bond acceptors (Lipinski definition) is 3. The number of benzene rings is 1.